The van der Waals surface area contributed by atoms with Crippen molar-refractivity contribution >= 4 is 39.9 Å². The van der Waals surface area contributed by atoms with Crippen LogP contribution in [0.15, 0.2) is 60.7 Å². The number of nitrogens with zero attached hydrogens (tertiary/aromatic N) is 2. The SMILES string of the molecule is O=C(c1ccc2ccccc2c1)N1CCC(N2CCC(Cc3ccc(Cl)c(Cl)c3)C(CO)C2)CC1. The number of halogens is 2. The number of hydrogen-bond donors (Lipinski definition) is 1. The summed E-state index contributed by atoms with van der Waals surface area (Å²) in [5.74, 6) is 0.807. The fourth-order valence-corrected chi connectivity index (χ4v) is 6.15. The molecule has 4 nitrogen and oxygen atoms in total. The van der Waals surface area contributed by atoms with E-state index >= 15 is 0 Å². The molecule has 2 fully saturated rings. The van der Waals surface area contributed by atoms with Gasteiger partial charge in [-0.15, -0.1) is 0 Å². The predicted molar refractivity (Wildman–Crippen MR) is 143 cm³/mol. The Hall–Kier alpha value is -2.11. The Morgan fingerprint density at radius 3 is 2.37 bits per heavy atom. The Morgan fingerprint density at radius 1 is 0.857 bits per heavy atom. The van der Waals surface area contributed by atoms with Gasteiger partial charge in [-0.25, -0.2) is 0 Å². The van der Waals surface area contributed by atoms with Crippen molar-refractivity contribution in [3.63, 3.8) is 0 Å². The molecule has 0 aromatic heterocycles. The summed E-state index contributed by atoms with van der Waals surface area (Å²) >= 11 is 12.3. The number of hydrogen-bond acceptors (Lipinski definition) is 3. The minimum atomic E-state index is 0.128. The van der Waals surface area contributed by atoms with Crippen LogP contribution in [-0.2, 0) is 6.42 Å². The fourth-order valence-electron chi connectivity index (χ4n) is 5.82. The van der Waals surface area contributed by atoms with Crippen LogP contribution in [0.3, 0.4) is 0 Å². The summed E-state index contributed by atoms with van der Waals surface area (Å²) in [5.41, 5.74) is 1.95. The predicted octanol–water partition coefficient (Wildman–Crippen LogP) is 5.92. The van der Waals surface area contributed by atoms with Crippen LogP contribution in [0, 0.1) is 11.8 Å². The molecule has 2 heterocycles. The molecule has 0 aliphatic carbocycles. The molecule has 3 aromatic rings. The number of aliphatic hydroxyl groups is 1. The highest BCUT2D eigenvalue weighted by Gasteiger charge is 2.34. The summed E-state index contributed by atoms with van der Waals surface area (Å²) in [7, 11) is 0. The Bertz CT molecular complexity index is 1190. The number of likely N-dealkylation sites (tertiary alicyclic amines) is 2. The van der Waals surface area contributed by atoms with E-state index in [0.29, 0.717) is 22.0 Å². The van der Waals surface area contributed by atoms with E-state index in [1.165, 1.54) is 5.56 Å². The Morgan fingerprint density at radius 2 is 1.63 bits per heavy atom. The smallest absolute Gasteiger partial charge is 0.253 e. The second-order valence-electron chi connectivity index (χ2n) is 10.0. The first-order chi connectivity index (χ1) is 17.0. The van der Waals surface area contributed by atoms with Crippen molar-refractivity contribution in [1.29, 1.82) is 0 Å². The number of piperidine rings is 2. The summed E-state index contributed by atoms with van der Waals surface area (Å²) in [5, 5.41) is 13.6. The normalized spacial score (nSPS) is 22.0. The van der Waals surface area contributed by atoms with Crippen molar-refractivity contribution in [3.8, 4) is 0 Å². The standard InChI is InChI=1S/C29H32Cl2N2O2/c30-27-8-5-20(16-28(27)31)15-23-9-12-33(18-25(23)19-34)26-10-13-32(14-11-26)29(35)24-7-6-21-3-1-2-4-22(21)17-24/h1-8,16-17,23,25-26,34H,9-15,18-19H2. The van der Waals surface area contributed by atoms with Gasteiger partial charge in [-0.2, -0.15) is 0 Å². The van der Waals surface area contributed by atoms with Gasteiger partial charge in [0, 0.05) is 37.8 Å². The summed E-state index contributed by atoms with van der Waals surface area (Å²) in [6.07, 6.45) is 3.93. The lowest BCUT2D eigenvalue weighted by Gasteiger charge is -2.44. The number of fused-ring (bicyclic) bond motifs is 1. The summed E-state index contributed by atoms with van der Waals surface area (Å²) in [6.45, 7) is 3.70. The maximum atomic E-state index is 13.1. The van der Waals surface area contributed by atoms with Gasteiger partial charge < -0.3 is 10.0 Å². The zero-order valence-electron chi connectivity index (χ0n) is 19.9. The van der Waals surface area contributed by atoms with Crippen LogP contribution in [0.1, 0.15) is 35.2 Å². The Balaban J connectivity index is 1.16. The van der Waals surface area contributed by atoms with Crippen molar-refractivity contribution in [2.24, 2.45) is 11.8 Å². The highest BCUT2D eigenvalue weighted by molar-refractivity contribution is 6.42. The lowest BCUT2D eigenvalue weighted by atomic mass is 9.80. The van der Waals surface area contributed by atoms with Gasteiger partial charge >= 0.3 is 0 Å². The first-order valence-electron chi connectivity index (χ1n) is 12.6. The Labute approximate surface area is 217 Å². The van der Waals surface area contributed by atoms with E-state index in [9.17, 15) is 9.90 Å². The van der Waals surface area contributed by atoms with Crippen LogP contribution in [-0.4, -0.2) is 59.6 Å². The highest BCUT2D eigenvalue weighted by atomic mass is 35.5. The van der Waals surface area contributed by atoms with Gasteiger partial charge in [-0.1, -0.05) is 59.6 Å². The zero-order chi connectivity index (χ0) is 24.4. The van der Waals surface area contributed by atoms with Crippen molar-refractivity contribution in [2.75, 3.05) is 32.8 Å². The third-order valence-corrected chi connectivity index (χ3v) is 8.64. The number of aliphatic hydroxyl groups excluding tert-OH is 1. The molecule has 2 aliphatic rings. The minimum Gasteiger partial charge on any atom is -0.396 e. The molecule has 0 spiro atoms. The third-order valence-electron chi connectivity index (χ3n) is 7.90. The van der Waals surface area contributed by atoms with Crippen LogP contribution >= 0.6 is 23.2 Å². The molecule has 3 aromatic carbocycles. The second-order valence-corrected chi connectivity index (χ2v) is 10.8. The number of amides is 1. The van der Waals surface area contributed by atoms with E-state index in [0.717, 1.165) is 68.2 Å². The van der Waals surface area contributed by atoms with Crippen LogP contribution in [0.4, 0.5) is 0 Å². The molecule has 2 aliphatic heterocycles. The molecule has 0 bridgehead atoms. The van der Waals surface area contributed by atoms with Gasteiger partial charge in [-0.3, -0.25) is 9.69 Å². The van der Waals surface area contributed by atoms with E-state index in [1.807, 2.05) is 53.4 Å². The minimum absolute atomic E-state index is 0.128. The van der Waals surface area contributed by atoms with Gasteiger partial charge in [0.15, 0.2) is 0 Å². The van der Waals surface area contributed by atoms with E-state index < -0.39 is 0 Å². The molecule has 0 radical (unpaired) electrons. The van der Waals surface area contributed by atoms with Crippen molar-refractivity contribution < 1.29 is 9.90 Å². The molecule has 2 saturated heterocycles. The van der Waals surface area contributed by atoms with Crippen molar-refractivity contribution in [1.82, 2.24) is 9.80 Å². The van der Waals surface area contributed by atoms with Gasteiger partial charge in [0.1, 0.15) is 0 Å². The van der Waals surface area contributed by atoms with Gasteiger partial charge in [-0.05, 0) is 84.7 Å². The Kier molecular flexibility index (Phi) is 7.64. The summed E-state index contributed by atoms with van der Waals surface area (Å²) < 4.78 is 0. The van der Waals surface area contributed by atoms with E-state index in [4.69, 9.17) is 23.2 Å². The molecule has 184 valence electrons. The largest absolute Gasteiger partial charge is 0.396 e. The van der Waals surface area contributed by atoms with Gasteiger partial charge in [0.05, 0.1) is 10.0 Å². The van der Waals surface area contributed by atoms with Crippen molar-refractivity contribution in [3.05, 3.63) is 81.8 Å². The van der Waals surface area contributed by atoms with E-state index in [2.05, 4.69) is 17.0 Å². The van der Waals surface area contributed by atoms with Crippen LogP contribution < -0.4 is 0 Å². The number of benzene rings is 3. The summed E-state index contributed by atoms with van der Waals surface area (Å²) in [4.78, 5) is 17.7. The second kappa shape index (κ2) is 10.9. The molecule has 0 saturated carbocycles. The first-order valence-corrected chi connectivity index (χ1v) is 13.3. The van der Waals surface area contributed by atoms with Crippen molar-refractivity contribution in [2.45, 2.75) is 31.7 Å². The number of carbonyl (C=O) groups is 1. The molecule has 2 atom stereocenters. The molecular formula is C29H32Cl2N2O2. The maximum absolute atomic E-state index is 13.1. The topological polar surface area (TPSA) is 43.8 Å². The molecular weight excluding hydrogens is 479 g/mol. The third kappa shape index (κ3) is 5.51. The molecule has 35 heavy (non-hydrogen) atoms. The fraction of sp³-hybridized carbons (Fsp3) is 0.414. The first kappa shape index (κ1) is 24.6. The number of rotatable bonds is 5. The van der Waals surface area contributed by atoms with E-state index in [-0.39, 0.29) is 18.4 Å². The van der Waals surface area contributed by atoms with Crippen LogP contribution in [0.2, 0.25) is 10.0 Å². The molecule has 5 rings (SSSR count). The molecule has 1 amide bonds. The van der Waals surface area contributed by atoms with E-state index in [1.54, 1.807) is 0 Å². The molecule has 2 unspecified atom stereocenters. The maximum Gasteiger partial charge on any atom is 0.253 e. The lowest BCUT2D eigenvalue weighted by molar-refractivity contribution is 0.0242. The highest BCUT2D eigenvalue weighted by Crippen LogP contribution is 2.32. The van der Waals surface area contributed by atoms with Gasteiger partial charge in [0.25, 0.3) is 5.91 Å². The zero-order valence-corrected chi connectivity index (χ0v) is 21.4. The average molecular weight is 511 g/mol. The van der Waals surface area contributed by atoms with Crippen LogP contribution in [0.5, 0.6) is 0 Å². The van der Waals surface area contributed by atoms with Gasteiger partial charge in [0.2, 0.25) is 0 Å². The molecule has 6 heteroatoms. The lowest BCUT2D eigenvalue weighted by Crippen LogP contribution is -2.52. The quantitative estimate of drug-likeness (QED) is 0.462. The van der Waals surface area contributed by atoms with Crippen LogP contribution in [0.25, 0.3) is 10.8 Å². The summed E-state index contributed by atoms with van der Waals surface area (Å²) in [6, 6.07) is 20.5. The monoisotopic (exact) mass is 510 g/mol. The number of carbonyl (C=O) groups excluding carboxylic acids is 1. The molecule has 1 N–H and O–H groups in total. The average Bonchev–Trinajstić information content (AvgIpc) is 2.90.